The van der Waals surface area contributed by atoms with E-state index in [0.29, 0.717) is 13.0 Å². The van der Waals surface area contributed by atoms with Crippen LogP contribution in [0.5, 0.6) is 0 Å². The molecule has 1 unspecified atom stereocenters. The van der Waals surface area contributed by atoms with E-state index in [1.54, 1.807) is 16.2 Å². The number of carbonyl (C=O) groups excluding carboxylic acids is 1. The minimum Gasteiger partial charge on any atom is -0.342 e. The highest BCUT2D eigenvalue weighted by atomic mass is 32.2. The summed E-state index contributed by atoms with van der Waals surface area (Å²) in [7, 11) is -1.38. The molecule has 2 heterocycles. The standard InChI is InChI=1S/C17H23N3O4S/c1-3-19-14-6-4-5-7-15(14)20(17(19)22)10-8-16(21)18(2)13-9-11-25(23,24)12-13/h4-7,13H,3,8-12H2,1-2H3. The van der Waals surface area contributed by atoms with E-state index in [1.165, 1.54) is 4.90 Å². The molecule has 25 heavy (non-hydrogen) atoms. The third-order valence-electron chi connectivity index (χ3n) is 4.94. The van der Waals surface area contributed by atoms with Crippen LogP contribution < -0.4 is 5.69 Å². The molecule has 1 aliphatic rings. The molecule has 3 rings (SSSR count). The Morgan fingerprint density at radius 2 is 1.88 bits per heavy atom. The molecule has 1 aliphatic heterocycles. The van der Waals surface area contributed by atoms with Crippen molar-refractivity contribution in [2.75, 3.05) is 18.6 Å². The molecule has 1 aromatic carbocycles. The summed E-state index contributed by atoms with van der Waals surface area (Å²) in [6.07, 6.45) is 0.657. The van der Waals surface area contributed by atoms with Crippen molar-refractivity contribution in [2.45, 2.75) is 38.9 Å². The van der Waals surface area contributed by atoms with Gasteiger partial charge >= 0.3 is 5.69 Å². The lowest BCUT2D eigenvalue weighted by molar-refractivity contribution is -0.131. The van der Waals surface area contributed by atoms with Gasteiger partial charge in [0.05, 0.1) is 22.5 Å². The summed E-state index contributed by atoms with van der Waals surface area (Å²) in [5.41, 5.74) is 1.55. The van der Waals surface area contributed by atoms with Crippen molar-refractivity contribution in [1.29, 1.82) is 0 Å². The fraction of sp³-hybridized carbons (Fsp3) is 0.529. The zero-order valence-corrected chi connectivity index (χ0v) is 15.3. The molecule has 1 saturated heterocycles. The van der Waals surface area contributed by atoms with Crippen LogP contribution in [-0.4, -0.2) is 53.0 Å². The Balaban J connectivity index is 1.76. The molecular weight excluding hydrogens is 342 g/mol. The van der Waals surface area contributed by atoms with E-state index >= 15 is 0 Å². The van der Waals surface area contributed by atoms with Gasteiger partial charge in [-0.3, -0.25) is 13.9 Å². The van der Waals surface area contributed by atoms with Gasteiger partial charge in [0.15, 0.2) is 9.84 Å². The molecule has 0 bridgehead atoms. The van der Waals surface area contributed by atoms with Crippen molar-refractivity contribution in [3.8, 4) is 0 Å². The third kappa shape index (κ3) is 3.35. The maximum Gasteiger partial charge on any atom is 0.329 e. The van der Waals surface area contributed by atoms with Crippen molar-refractivity contribution in [3.63, 3.8) is 0 Å². The van der Waals surface area contributed by atoms with Crippen LogP contribution in [0.2, 0.25) is 0 Å². The number of benzene rings is 1. The molecule has 1 fully saturated rings. The Labute approximate surface area is 146 Å². The summed E-state index contributed by atoms with van der Waals surface area (Å²) in [5, 5.41) is 0. The molecule has 0 aliphatic carbocycles. The van der Waals surface area contributed by atoms with Gasteiger partial charge in [0.2, 0.25) is 5.91 Å². The number of fused-ring (bicyclic) bond motifs is 1. The van der Waals surface area contributed by atoms with Crippen molar-refractivity contribution in [2.24, 2.45) is 0 Å². The minimum atomic E-state index is -3.03. The average Bonchev–Trinajstić information content (AvgIpc) is 3.08. The molecule has 0 radical (unpaired) electrons. The Hall–Kier alpha value is -2.09. The van der Waals surface area contributed by atoms with Crippen molar-refractivity contribution in [1.82, 2.24) is 14.0 Å². The second-order valence-corrected chi connectivity index (χ2v) is 8.71. The number of hydrogen-bond acceptors (Lipinski definition) is 4. The summed E-state index contributed by atoms with van der Waals surface area (Å²) in [6.45, 7) is 2.77. The number of nitrogens with zero attached hydrogens (tertiary/aromatic N) is 3. The van der Waals surface area contributed by atoms with E-state index in [4.69, 9.17) is 0 Å². The van der Waals surface area contributed by atoms with Crippen LogP contribution in [0, 0.1) is 0 Å². The van der Waals surface area contributed by atoms with Gasteiger partial charge in [0.25, 0.3) is 0 Å². The fourth-order valence-electron chi connectivity index (χ4n) is 3.46. The Kier molecular flexibility index (Phi) is 4.73. The van der Waals surface area contributed by atoms with E-state index in [-0.39, 0.29) is 42.1 Å². The van der Waals surface area contributed by atoms with Gasteiger partial charge in [-0.05, 0) is 25.5 Å². The Morgan fingerprint density at radius 3 is 2.44 bits per heavy atom. The van der Waals surface area contributed by atoms with E-state index < -0.39 is 9.84 Å². The molecule has 1 aromatic heterocycles. The maximum absolute atomic E-state index is 12.6. The van der Waals surface area contributed by atoms with E-state index in [0.717, 1.165) is 11.0 Å². The van der Waals surface area contributed by atoms with Gasteiger partial charge in [0.1, 0.15) is 0 Å². The topological polar surface area (TPSA) is 81.4 Å². The smallest absolute Gasteiger partial charge is 0.329 e. The summed E-state index contributed by atoms with van der Waals surface area (Å²) >= 11 is 0. The monoisotopic (exact) mass is 365 g/mol. The van der Waals surface area contributed by atoms with Crippen LogP contribution in [0.1, 0.15) is 19.8 Å². The van der Waals surface area contributed by atoms with Crippen molar-refractivity contribution in [3.05, 3.63) is 34.7 Å². The zero-order chi connectivity index (χ0) is 18.2. The van der Waals surface area contributed by atoms with Gasteiger partial charge in [-0.15, -0.1) is 0 Å². The lowest BCUT2D eigenvalue weighted by Crippen LogP contribution is -2.38. The van der Waals surface area contributed by atoms with Crippen molar-refractivity contribution >= 4 is 26.8 Å². The predicted molar refractivity (Wildman–Crippen MR) is 96.3 cm³/mol. The normalized spacial score (nSPS) is 19.4. The van der Waals surface area contributed by atoms with Gasteiger partial charge in [-0.1, -0.05) is 12.1 Å². The number of carbonyl (C=O) groups is 1. The molecule has 8 heteroatoms. The summed E-state index contributed by atoms with van der Waals surface area (Å²) < 4.78 is 26.5. The molecule has 0 spiro atoms. The quantitative estimate of drug-likeness (QED) is 0.787. The van der Waals surface area contributed by atoms with E-state index in [1.807, 2.05) is 31.2 Å². The Morgan fingerprint density at radius 1 is 1.24 bits per heavy atom. The van der Waals surface area contributed by atoms with Gasteiger partial charge in [-0.2, -0.15) is 0 Å². The molecule has 1 amide bonds. The van der Waals surface area contributed by atoms with Gasteiger partial charge in [-0.25, -0.2) is 13.2 Å². The van der Waals surface area contributed by atoms with Gasteiger partial charge in [0, 0.05) is 32.6 Å². The highest BCUT2D eigenvalue weighted by molar-refractivity contribution is 7.91. The first-order valence-corrected chi connectivity index (χ1v) is 10.3. The summed E-state index contributed by atoms with van der Waals surface area (Å²) in [6, 6.07) is 7.27. The number of aryl methyl sites for hydroxylation is 2. The second kappa shape index (κ2) is 6.67. The lowest BCUT2D eigenvalue weighted by Gasteiger charge is -2.23. The molecule has 136 valence electrons. The van der Waals surface area contributed by atoms with Crippen LogP contribution >= 0.6 is 0 Å². The SMILES string of the molecule is CCn1c(=O)n(CCC(=O)N(C)C2CCS(=O)(=O)C2)c2ccccc21. The number of amides is 1. The van der Waals surface area contributed by atoms with Gasteiger partial charge < -0.3 is 4.90 Å². The molecule has 7 nitrogen and oxygen atoms in total. The largest absolute Gasteiger partial charge is 0.342 e. The number of aromatic nitrogens is 2. The van der Waals surface area contributed by atoms with Crippen molar-refractivity contribution < 1.29 is 13.2 Å². The minimum absolute atomic E-state index is 0.0321. The van der Waals surface area contributed by atoms with E-state index in [9.17, 15) is 18.0 Å². The highest BCUT2D eigenvalue weighted by Crippen LogP contribution is 2.18. The van der Waals surface area contributed by atoms with Crippen LogP contribution in [-0.2, 0) is 27.7 Å². The number of para-hydroxylation sites is 2. The zero-order valence-electron chi connectivity index (χ0n) is 14.5. The first-order valence-electron chi connectivity index (χ1n) is 8.48. The average molecular weight is 365 g/mol. The third-order valence-corrected chi connectivity index (χ3v) is 6.69. The number of sulfone groups is 1. The first-order chi connectivity index (χ1) is 11.8. The first kappa shape index (κ1) is 17.7. The fourth-order valence-corrected chi connectivity index (χ4v) is 5.24. The number of imidazole rings is 1. The molecule has 1 atom stereocenters. The number of hydrogen-bond donors (Lipinski definition) is 0. The highest BCUT2D eigenvalue weighted by Gasteiger charge is 2.32. The van der Waals surface area contributed by atoms with Crippen LogP contribution in [0.15, 0.2) is 29.1 Å². The second-order valence-electron chi connectivity index (χ2n) is 6.48. The Bertz CT molecular complexity index is 958. The summed E-state index contributed by atoms with van der Waals surface area (Å²) in [5.74, 6) is 0.0330. The molecule has 0 saturated carbocycles. The van der Waals surface area contributed by atoms with Crippen LogP contribution in [0.25, 0.3) is 11.0 Å². The maximum atomic E-state index is 12.6. The lowest BCUT2D eigenvalue weighted by atomic mass is 10.2. The summed E-state index contributed by atoms with van der Waals surface area (Å²) in [4.78, 5) is 26.5. The molecule has 2 aromatic rings. The number of rotatable bonds is 5. The predicted octanol–water partition coefficient (Wildman–Crippen LogP) is 0.859. The van der Waals surface area contributed by atoms with Crippen LogP contribution in [0.3, 0.4) is 0 Å². The molecule has 0 N–H and O–H groups in total. The molecular formula is C17H23N3O4S. The van der Waals surface area contributed by atoms with E-state index in [2.05, 4.69) is 0 Å². The van der Waals surface area contributed by atoms with Crippen LogP contribution in [0.4, 0.5) is 0 Å².